The fourth-order valence-electron chi connectivity index (χ4n) is 2.00. The van der Waals surface area contributed by atoms with Gasteiger partial charge < -0.3 is 11.1 Å². The molecule has 0 bridgehead atoms. The highest BCUT2D eigenvalue weighted by Gasteiger charge is 2.00. The maximum Gasteiger partial charge on any atom is 0.0992 e. The molecule has 0 unspecified atom stereocenters. The number of nitriles is 1. The summed E-state index contributed by atoms with van der Waals surface area (Å²) in [5.41, 5.74) is 10.5. The largest absolute Gasteiger partial charge is 0.397 e. The maximum absolute atomic E-state index is 8.78. The Bertz CT molecular complexity index is 612. The Morgan fingerprint density at radius 3 is 2.74 bits per heavy atom. The normalized spacial score (nSPS) is 9.89. The van der Waals surface area contributed by atoms with Crippen LogP contribution < -0.4 is 11.1 Å². The third-order valence-corrected chi connectivity index (χ3v) is 2.99. The second-order valence-corrected chi connectivity index (χ2v) is 4.58. The van der Waals surface area contributed by atoms with Crippen LogP contribution in [0.2, 0.25) is 0 Å². The molecule has 3 heteroatoms. The Kier molecular flexibility index (Phi) is 4.04. The summed E-state index contributed by atoms with van der Waals surface area (Å²) in [5.74, 6) is 0. The molecule has 0 aliphatic carbocycles. The standard InChI is InChI=1S/C16H17N3/c1-12-3-2-4-13(9-12)7-8-19-16-6-5-14(11-17)10-15(16)18/h2-6,9-10,19H,7-8,18H2,1H3. The molecule has 0 fully saturated rings. The zero-order valence-electron chi connectivity index (χ0n) is 11.0. The number of rotatable bonds is 4. The average molecular weight is 251 g/mol. The Balaban J connectivity index is 1.94. The van der Waals surface area contributed by atoms with Gasteiger partial charge in [0.1, 0.15) is 0 Å². The van der Waals surface area contributed by atoms with Crippen LogP contribution in [-0.4, -0.2) is 6.54 Å². The van der Waals surface area contributed by atoms with Crippen LogP contribution in [0.4, 0.5) is 11.4 Å². The Morgan fingerprint density at radius 1 is 1.21 bits per heavy atom. The van der Waals surface area contributed by atoms with E-state index in [0.717, 1.165) is 18.7 Å². The fraction of sp³-hybridized carbons (Fsp3) is 0.188. The van der Waals surface area contributed by atoms with E-state index in [1.54, 1.807) is 12.1 Å². The van der Waals surface area contributed by atoms with Gasteiger partial charge in [0.05, 0.1) is 23.0 Å². The van der Waals surface area contributed by atoms with Gasteiger partial charge in [-0.3, -0.25) is 0 Å². The Morgan fingerprint density at radius 2 is 2.05 bits per heavy atom. The number of benzene rings is 2. The minimum absolute atomic E-state index is 0.585. The lowest BCUT2D eigenvalue weighted by molar-refractivity contribution is 1.02. The molecule has 0 saturated heterocycles. The number of anilines is 2. The fourth-order valence-corrected chi connectivity index (χ4v) is 2.00. The average Bonchev–Trinajstić information content (AvgIpc) is 2.40. The first-order chi connectivity index (χ1) is 9.19. The molecule has 0 aliphatic rings. The first-order valence-electron chi connectivity index (χ1n) is 6.28. The lowest BCUT2D eigenvalue weighted by Gasteiger charge is -2.09. The van der Waals surface area contributed by atoms with Crippen LogP contribution >= 0.6 is 0 Å². The first kappa shape index (κ1) is 13.0. The molecule has 2 aromatic carbocycles. The summed E-state index contributed by atoms with van der Waals surface area (Å²) in [6, 6.07) is 15.9. The van der Waals surface area contributed by atoms with E-state index in [0.29, 0.717) is 11.3 Å². The van der Waals surface area contributed by atoms with Crippen molar-refractivity contribution in [2.45, 2.75) is 13.3 Å². The highest BCUT2D eigenvalue weighted by atomic mass is 14.9. The molecule has 0 heterocycles. The molecule has 0 saturated carbocycles. The zero-order valence-corrected chi connectivity index (χ0v) is 11.0. The quantitative estimate of drug-likeness (QED) is 0.821. The van der Waals surface area contributed by atoms with Gasteiger partial charge in [-0.25, -0.2) is 0 Å². The molecule has 2 rings (SSSR count). The zero-order chi connectivity index (χ0) is 13.7. The van der Waals surface area contributed by atoms with E-state index < -0.39 is 0 Å². The van der Waals surface area contributed by atoms with Crippen LogP contribution in [0.5, 0.6) is 0 Å². The van der Waals surface area contributed by atoms with E-state index in [4.69, 9.17) is 11.0 Å². The molecular weight excluding hydrogens is 234 g/mol. The van der Waals surface area contributed by atoms with Crippen LogP contribution in [0.3, 0.4) is 0 Å². The van der Waals surface area contributed by atoms with Gasteiger partial charge in [-0.1, -0.05) is 29.8 Å². The van der Waals surface area contributed by atoms with Crippen molar-refractivity contribution in [3.63, 3.8) is 0 Å². The van der Waals surface area contributed by atoms with Crippen LogP contribution in [0.1, 0.15) is 16.7 Å². The van der Waals surface area contributed by atoms with E-state index in [-0.39, 0.29) is 0 Å². The van der Waals surface area contributed by atoms with Crippen molar-refractivity contribution in [3.8, 4) is 6.07 Å². The topological polar surface area (TPSA) is 61.8 Å². The van der Waals surface area contributed by atoms with Crippen molar-refractivity contribution in [2.24, 2.45) is 0 Å². The summed E-state index contributed by atoms with van der Waals surface area (Å²) < 4.78 is 0. The smallest absolute Gasteiger partial charge is 0.0992 e. The summed E-state index contributed by atoms with van der Waals surface area (Å²) in [6.45, 7) is 2.91. The molecule has 0 radical (unpaired) electrons. The number of nitrogens with zero attached hydrogens (tertiary/aromatic N) is 1. The van der Waals surface area contributed by atoms with Crippen LogP contribution in [0.25, 0.3) is 0 Å². The number of aryl methyl sites for hydroxylation is 1. The number of nitrogens with one attached hydrogen (secondary N) is 1. The molecule has 0 aliphatic heterocycles. The van der Waals surface area contributed by atoms with E-state index in [1.165, 1.54) is 11.1 Å². The van der Waals surface area contributed by atoms with Crippen molar-refractivity contribution in [1.29, 1.82) is 5.26 Å². The van der Waals surface area contributed by atoms with Crippen molar-refractivity contribution >= 4 is 11.4 Å². The summed E-state index contributed by atoms with van der Waals surface area (Å²) in [5, 5.41) is 12.1. The van der Waals surface area contributed by atoms with Crippen LogP contribution in [0.15, 0.2) is 42.5 Å². The molecule has 0 amide bonds. The van der Waals surface area contributed by atoms with E-state index >= 15 is 0 Å². The Labute approximate surface area is 113 Å². The molecule has 3 N–H and O–H groups in total. The molecule has 2 aromatic rings. The highest BCUT2D eigenvalue weighted by molar-refractivity contribution is 5.68. The molecule has 0 aromatic heterocycles. The molecule has 0 spiro atoms. The minimum atomic E-state index is 0.585. The van der Waals surface area contributed by atoms with Gasteiger partial charge in [0.2, 0.25) is 0 Å². The second-order valence-electron chi connectivity index (χ2n) is 4.58. The molecule has 19 heavy (non-hydrogen) atoms. The first-order valence-corrected chi connectivity index (χ1v) is 6.28. The van der Waals surface area contributed by atoms with Gasteiger partial charge in [0.25, 0.3) is 0 Å². The lowest BCUT2D eigenvalue weighted by atomic mass is 10.1. The number of nitrogen functional groups attached to an aromatic ring is 1. The van der Waals surface area contributed by atoms with Gasteiger partial charge in [-0.15, -0.1) is 0 Å². The van der Waals surface area contributed by atoms with Gasteiger partial charge >= 0.3 is 0 Å². The van der Waals surface area contributed by atoms with E-state index in [2.05, 4.69) is 42.6 Å². The molecule has 0 atom stereocenters. The minimum Gasteiger partial charge on any atom is -0.397 e. The van der Waals surface area contributed by atoms with Crippen molar-refractivity contribution in [2.75, 3.05) is 17.6 Å². The predicted molar refractivity (Wildman–Crippen MR) is 78.9 cm³/mol. The monoisotopic (exact) mass is 251 g/mol. The van der Waals surface area contributed by atoms with Crippen LogP contribution in [0, 0.1) is 18.3 Å². The Hall–Kier alpha value is -2.47. The molecular formula is C16H17N3. The summed E-state index contributed by atoms with van der Waals surface area (Å²) >= 11 is 0. The number of nitrogens with two attached hydrogens (primary N) is 1. The second kappa shape index (κ2) is 5.92. The maximum atomic E-state index is 8.78. The molecule has 96 valence electrons. The van der Waals surface area contributed by atoms with Gasteiger partial charge in [0.15, 0.2) is 0 Å². The van der Waals surface area contributed by atoms with Crippen molar-refractivity contribution in [3.05, 3.63) is 59.2 Å². The predicted octanol–water partition coefficient (Wildman–Crippen LogP) is 3.10. The van der Waals surface area contributed by atoms with Gasteiger partial charge in [-0.05, 0) is 37.1 Å². The van der Waals surface area contributed by atoms with Gasteiger partial charge in [0, 0.05) is 6.54 Å². The lowest BCUT2D eigenvalue weighted by Crippen LogP contribution is -2.07. The van der Waals surface area contributed by atoms with E-state index in [1.807, 2.05) is 6.07 Å². The van der Waals surface area contributed by atoms with E-state index in [9.17, 15) is 0 Å². The van der Waals surface area contributed by atoms with Crippen LogP contribution in [-0.2, 0) is 6.42 Å². The van der Waals surface area contributed by atoms with Crippen molar-refractivity contribution < 1.29 is 0 Å². The summed E-state index contributed by atoms with van der Waals surface area (Å²) in [6.07, 6.45) is 0.946. The number of hydrogen-bond donors (Lipinski definition) is 2. The third-order valence-electron chi connectivity index (χ3n) is 2.99. The SMILES string of the molecule is Cc1cccc(CCNc2ccc(C#N)cc2N)c1. The van der Waals surface area contributed by atoms with Crippen molar-refractivity contribution in [1.82, 2.24) is 0 Å². The summed E-state index contributed by atoms with van der Waals surface area (Å²) in [7, 11) is 0. The number of hydrogen-bond acceptors (Lipinski definition) is 3. The highest BCUT2D eigenvalue weighted by Crippen LogP contribution is 2.19. The molecule has 3 nitrogen and oxygen atoms in total. The summed E-state index contributed by atoms with van der Waals surface area (Å²) in [4.78, 5) is 0. The van der Waals surface area contributed by atoms with Gasteiger partial charge in [-0.2, -0.15) is 5.26 Å². The third kappa shape index (κ3) is 3.49.